The highest BCUT2D eigenvalue weighted by molar-refractivity contribution is 5.75. The monoisotopic (exact) mass is 286 g/mol. The van der Waals surface area contributed by atoms with Crippen molar-refractivity contribution >= 4 is 12.0 Å². The van der Waals surface area contributed by atoms with Crippen molar-refractivity contribution in [2.45, 2.75) is 45.1 Å². The molecule has 1 aliphatic rings. The van der Waals surface area contributed by atoms with E-state index in [0.717, 1.165) is 26.1 Å². The molecule has 0 unspecified atom stereocenters. The van der Waals surface area contributed by atoms with E-state index in [1.165, 1.54) is 0 Å². The molecule has 0 spiro atoms. The predicted octanol–water partition coefficient (Wildman–Crippen LogP) is 1.70. The molecule has 6 heteroatoms. The van der Waals surface area contributed by atoms with Gasteiger partial charge in [0.2, 0.25) is 0 Å². The zero-order chi connectivity index (χ0) is 15.2. The van der Waals surface area contributed by atoms with Gasteiger partial charge in [0.15, 0.2) is 0 Å². The van der Waals surface area contributed by atoms with Crippen molar-refractivity contribution in [2.24, 2.45) is 5.92 Å². The summed E-state index contributed by atoms with van der Waals surface area (Å²) >= 11 is 0. The van der Waals surface area contributed by atoms with Gasteiger partial charge in [-0.3, -0.25) is 4.79 Å². The van der Waals surface area contributed by atoms with Crippen LogP contribution in [0.2, 0.25) is 0 Å². The fraction of sp³-hybridized carbons (Fsp3) is 0.857. The molecule has 0 bridgehead atoms. The Morgan fingerprint density at radius 3 is 2.50 bits per heavy atom. The van der Waals surface area contributed by atoms with Crippen molar-refractivity contribution < 1.29 is 19.4 Å². The van der Waals surface area contributed by atoms with Gasteiger partial charge >= 0.3 is 12.0 Å². The number of ether oxygens (including phenoxy) is 1. The Morgan fingerprint density at radius 1 is 1.35 bits per heavy atom. The van der Waals surface area contributed by atoms with Crippen LogP contribution in [0, 0.1) is 5.92 Å². The fourth-order valence-electron chi connectivity index (χ4n) is 2.27. The average molecular weight is 286 g/mol. The number of nitrogens with one attached hydrogen (secondary N) is 1. The molecule has 0 aromatic rings. The van der Waals surface area contributed by atoms with Gasteiger partial charge < -0.3 is 20.1 Å². The van der Waals surface area contributed by atoms with E-state index >= 15 is 0 Å². The Kier molecular flexibility index (Phi) is 6.26. The van der Waals surface area contributed by atoms with Crippen LogP contribution in [0.25, 0.3) is 0 Å². The molecule has 0 aliphatic carbocycles. The summed E-state index contributed by atoms with van der Waals surface area (Å²) < 4.78 is 5.30. The van der Waals surface area contributed by atoms with Crippen LogP contribution < -0.4 is 5.32 Å². The maximum absolute atomic E-state index is 12.1. The fourth-order valence-corrected chi connectivity index (χ4v) is 2.27. The number of hydrogen-bond donors (Lipinski definition) is 2. The minimum absolute atomic E-state index is 0.0525. The van der Waals surface area contributed by atoms with Crippen LogP contribution in [0.3, 0.4) is 0 Å². The summed E-state index contributed by atoms with van der Waals surface area (Å²) in [5, 5.41) is 11.6. The zero-order valence-electron chi connectivity index (χ0n) is 12.6. The van der Waals surface area contributed by atoms with E-state index in [1.807, 2.05) is 13.8 Å². The van der Waals surface area contributed by atoms with Crippen molar-refractivity contribution in [3.63, 3.8) is 0 Å². The minimum atomic E-state index is -0.845. The van der Waals surface area contributed by atoms with Gasteiger partial charge in [0.25, 0.3) is 0 Å². The molecule has 0 radical (unpaired) electrons. The third-order valence-corrected chi connectivity index (χ3v) is 3.63. The Balaban J connectivity index is 2.37. The molecular weight excluding hydrogens is 260 g/mol. The van der Waals surface area contributed by atoms with Gasteiger partial charge in [-0.2, -0.15) is 0 Å². The largest absolute Gasteiger partial charge is 0.481 e. The number of hydrogen-bond acceptors (Lipinski definition) is 3. The second-order valence-electron chi connectivity index (χ2n) is 6.14. The van der Waals surface area contributed by atoms with Crippen LogP contribution in [0.15, 0.2) is 0 Å². The number of carbonyl (C=O) groups is 2. The second-order valence-corrected chi connectivity index (χ2v) is 6.14. The van der Waals surface area contributed by atoms with E-state index in [-0.39, 0.29) is 12.5 Å². The number of nitrogens with zero attached hydrogens (tertiary/aromatic N) is 1. The first-order chi connectivity index (χ1) is 9.30. The van der Waals surface area contributed by atoms with E-state index < -0.39 is 11.5 Å². The summed E-state index contributed by atoms with van der Waals surface area (Å²) in [6.07, 6.45) is 2.44. The Bertz CT molecular complexity index is 338. The molecule has 0 saturated carbocycles. The molecule has 1 heterocycles. The van der Waals surface area contributed by atoms with E-state index in [4.69, 9.17) is 9.84 Å². The number of carboxylic acids is 1. The highest BCUT2D eigenvalue weighted by Gasteiger charge is 2.25. The zero-order valence-corrected chi connectivity index (χ0v) is 12.6. The first-order valence-electron chi connectivity index (χ1n) is 7.13. The van der Waals surface area contributed by atoms with Gasteiger partial charge in [-0.1, -0.05) is 0 Å². The van der Waals surface area contributed by atoms with Crippen molar-refractivity contribution in [2.75, 3.05) is 26.8 Å². The standard InChI is InChI=1S/C14H26N2O4/c1-14(2,7-4-12(17)18)15-13(19)16(3)10-11-5-8-20-9-6-11/h11H,4-10H2,1-3H3,(H,15,19)(H,17,18). The van der Waals surface area contributed by atoms with E-state index in [2.05, 4.69) is 5.32 Å². The molecule has 6 nitrogen and oxygen atoms in total. The van der Waals surface area contributed by atoms with Crippen LogP contribution in [-0.4, -0.2) is 54.4 Å². The molecule has 0 aromatic carbocycles. The summed E-state index contributed by atoms with van der Waals surface area (Å²) in [6, 6.07) is -0.146. The lowest BCUT2D eigenvalue weighted by Crippen LogP contribution is -2.50. The Morgan fingerprint density at radius 2 is 1.95 bits per heavy atom. The third kappa shape index (κ3) is 6.23. The molecule has 1 rings (SSSR count). The van der Waals surface area contributed by atoms with Crippen LogP contribution in [-0.2, 0) is 9.53 Å². The maximum atomic E-state index is 12.1. The molecule has 2 amide bonds. The van der Waals surface area contributed by atoms with Crippen molar-refractivity contribution in [1.82, 2.24) is 10.2 Å². The number of urea groups is 1. The van der Waals surface area contributed by atoms with Crippen molar-refractivity contribution in [3.05, 3.63) is 0 Å². The van der Waals surface area contributed by atoms with Crippen molar-refractivity contribution in [1.29, 1.82) is 0 Å². The van der Waals surface area contributed by atoms with Crippen LogP contribution in [0.1, 0.15) is 39.5 Å². The molecular formula is C14H26N2O4. The van der Waals surface area contributed by atoms with Gasteiger partial charge in [0.1, 0.15) is 0 Å². The van der Waals surface area contributed by atoms with Gasteiger partial charge in [-0.25, -0.2) is 4.79 Å². The Labute approximate surface area is 120 Å². The molecule has 2 N–H and O–H groups in total. The van der Waals surface area contributed by atoms with Crippen molar-refractivity contribution in [3.8, 4) is 0 Å². The van der Waals surface area contributed by atoms with E-state index in [9.17, 15) is 9.59 Å². The SMILES string of the molecule is CN(CC1CCOCC1)C(=O)NC(C)(C)CCC(=O)O. The topological polar surface area (TPSA) is 78.9 Å². The predicted molar refractivity (Wildman–Crippen MR) is 75.7 cm³/mol. The van der Waals surface area contributed by atoms with Crippen LogP contribution >= 0.6 is 0 Å². The second kappa shape index (κ2) is 7.47. The summed E-state index contributed by atoms with van der Waals surface area (Å²) in [7, 11) is 1.78. The number of carboxylic acid groups (broad SMARTS) is 1. The molecule has 0 atom stereocenters. The highest BCUT2D eigenvalue weighted by Crippen LogP contribution is 2.16. The van der Waals surface area contributed by atoms with Crippen LogP contribution in [0.4, 0.5) is 4.79 Å². The highest BCUT2D eigenvalue weighted by atomic mass is 16.5. The molecule has 0 aromatic heterocycles. The first kappa shape index (κ1) is 16.8. The Hall–Kier alpha value is -1.30. The van der Waals surface area contributed by atoms with Gasteiger partial charge in [-0.15, -0.1) is 0 Å². The number of aliphatic carboxylic acids is 1. The molecule has 1 fully saturated rings. The summed E-state index contributed by atoms with van der Waals surface area (Å²) in [5.41, 5.74) is -0.514. The smallest absolute Gasteiger partial charge is 0.317 e. The lowest BCUT2D eigenvalue weighted by Gasteiger charge is -2.31. The number of rotatable bonds is 6. The summed E-state index contributed by atoms with van der Waals surface area (Å²) in [4.78, 5) is 24.4. The molecule has 1 aliphatic heterocycles. The maximum Gasteiger partial charge on any atom is 0.317 e. The quantitative estimate of drug-likeness (QED) is 0.779. The van der Waals surface area contributed by atoms with E-state index in [1.54, 1.807) is 11.9 Å². The van der Waals surface area contributed by atoms with Gasteiger partial charge in [0.05, 0.1) is 0 Å². The lowest BCUT2D eigenvalue weighted by molar-refractivity contribution is -0.137. The lowest BCUT2D eigenvalue weighted by atomic mass is 9.98. The van der Waals surface area contributed by atoms with Crippen LogP contribution in [0.5, 0.6) is 0 Å². The summed E-state index contributed by atoms with van der Waals surface area (Å²) in [5.74, 6) is -0.357. The third-order valence-electron chi connectivity index (χ3n) is 3.63. The molecule has 1 saturated heterocycles. The van der Waals surface area contributed by atoms with E-state index in [0.29, 0.717) is 18.9 Å². The molecule has 20 heavy (non-hydrogen) atoms. The molecule has 116 valence electrons. The number of amides is 2. The summed E-state index contributed by atoms with van der Waals surface area (Å²) in [6.45, 7) is 5.94. The number of carbonyl (C=O) groups excluding carboxylic acids is 1. The van der Waals surface area contributed by atoms with Gasteiger partial charge in [0, 0.05) is 38.8 Å². The minimum Gasteiger partial charge on any atom is -0.481 e. The normalized spacial score (nSPS) is 16.8. The van der Waals surface area contributed by atoms with Gasteiger partial charge in [-0.05, 0) is 39.0 Å². The first-order valence-corrected chi connectivity index (χ1v) is 7.13. The average Bonchev–Trinajstić information content (AvgIpc) is 2.37.